The van der Waals surface area contributed by atoms with Crippen LogP contribution in [0.2, 0.25) is 0 Å². The Bertz CT molecular complexity index is 1250. The lowest BCUT2D eigenvalue weighted by atomic mass is 10.2. The first-order valence-electron chi connectivity index (χ1n) is 8.67. The zero-order valence-corrected chi connectivity index (χ0v) is 15.2. The largest absolute Gasteiger partial charge is 0.454 e. The van der Waals surface area contributed by atoms with Crippen LogP contribution in [0.25, 0.3) is 22.4 Å². The first kappa shape index (κ1) is 19.4. The second kappa shape index (κ2) is 7.18. The number of hydrogen-bond acceptors (Lipinski definition) is 3. The number of fused-ring (bicyclic) bond motifs is 1. The van der Waals surface area contributed by atoms with Gasteiger partial charge in [-0.2, -0.15) is 13.2 Å². The minimum Gasteiger partial charge on any atom is -0.454 e. The molecule has 0 aliphatic rings. The molecule has 0 spiro atoms. The summed E-state index contributed by atoms with van der Waals surface area (Å²) in [5, 5.41) is 0. The summed E-state index contributed by atoms with van der Waals surface area (Å²) < 4.78 is 59.2. The Balaban J connectivity index is 1.68. The summed E-state index contributed by atoms with van der Waals surface area (Å²) in [7, 11) is 0. The van der Waals surface area contributed by atoms with Gasteiger partial charge in [0.05, 0.1) is 16.6 Å². The molecule has 0 bridgehead atoms. The van der Waals surface area contributed by atoms with E-state index >= 15 is 0 Å². The van der Waals surface area contributed by atoms with Crippen molar-refractivity contribution in [2.24, 2.45) is 5.73 Å². The van der Waals surface area contributed by atoms with Crippen molar-refractivity contribution < 1.29 is 27.1 Å². The van der Waals surface area contributed by atoms with E-state index in [9.17, 15) is 22.4 Å². The van der Waals surface area contributed by atoms with Crippen LogP contribution in [-0.2, 0) is 6.18 Å². The molecule has 0 saturated heterocycles. The molecule has 1 heterocycles. The predicted molar refractivity (Wildman–Crippen MR) is 102 cm³/mol. The van der Waals surface area contributed by atoms with E-state index in [4.69, 9.17) is 10.5 Å². The van der Waals surface area contributed by atoms with Gasteiger partial charge < -0.3 is 10.5 Å². The van der Waals surface area contributed by atoms with Crippen LogP contribution in [0.3, 0.4) is 0 Å². The van der Waals surface area contributed by atoms with Gasteiger partial charge in [0.15, 0.2) is 11.6 Å². The fraction of sp³-hybridized carbons (Fsp3) is 0.0476. The van der Waals surface area contributed by atoms with Gasteiger partial charge in [-0.15, -0.1) is 0 Å². The highest BCUT2D eigenvalue weighted by atomic mass is 19.4. The molecular weight excluding hydrogens is 402 g/mol. The number of nitrogens with two attached hydrogens (primary N) is 1. The molecule has 152 valence electrons. The third-order valence-corrected chi connectivity index (χ3v) is 4.39. The number of carbonyl (C=O) groups excluding carboxylic acids is 1. The van der Waals surface area contributed by atoms with E-state index in [1.807, 2.05) is 0 Å². The van der Waals surface area contributed by atoms with Crippen LogP contribution in [0.4, 0.5) is 22.4 Å². The number of halogens is 4. The van der Waals surface area contributed by atoms with E-state index in [1.54, 1.807) is 36.4 Å². The number of carbonyl (C=O) groups is 1. The number of alkyl halides is 3. The van der Waals surface area contributed by atoms with Crippen LogP contribution in [0, 0.1) is 5.82 Å². The third kappa shape index (κ3) is 3.45. The maximum Gasteiger partial charge on any atom is 0.419 e. The molecule has 9 heteroatoms. The zero-order valence-electron chi connectivity index (χ0n) is 15.2. The molecule has 30 heavy (non-hydrogen) atoms. The molecule has 0 fully saturated rings. The van der Waals surface area contributed by atoms with Crippen LogP contribution in [0.1, 0.15) is 5.56 Å². The maximum atomic E-state index is 14.1. The van der Waals surface area contributed by atoms with Crippen LogP contribution in [0.15, 0.2) is 66.7 Å². The van der Waals surface area contributed by atoms with E-state index in [2.05, 4.69) is 4.98 Å². The summed E-state index contributed by atoms with van der Waals surface area (Å²) in [5.41, 5.74) is 5.69. The molecule has 3 aromatic carbocycles. The minimum absolute atomic E-state index is 0.110. The molecule has 0 unspecified atom stereocenters. The lowest BCUT2D eigenvalue weighted by Crippen LogP contribution is -2.20. The second-order valence-corrected chi connectivity index (χ2v) is 6.34. The molecule has 0 saturated carbocycles. The van der Waals surface area contributed by atoms with Crippen LogP contribution >= 0.6 is 0 Å². The Labute approximate surface area is 167 Å². The molecule has 0 aliphatic heterocycles. The Hall–Kier alpha value is -3.88. The summed E-state index contributed by atoms with van der Waals surface area (Å²) in [4.78, 5) is 16.3. The molecule has 0 atom stereocenters. The molecule has 5 nitrogen and oxygen atoms in total. The third-order valence-electron chi connectivity index (χ3n) is 4.39. The van der Waals surface area contributed by atoms with Gasteiger partial charge in [-0.1, -0.05) is 18.2 Å². The number of nitrogens with zero attached hydrogens (tertiary/aromatic N) is 2. The summed E-state index contributed by atoms with van der Waals surface area (Å²) >= 11 is 0. The Morgan fingerprint density at radius 1 is 0.967 bits per heavy atom. The summed E-state index contributed by atoms with van der Waals surface area (Å²) in [6.45, 7) is 0. The first-order chi connectivity index (χ1) is 14.3. The quantitative estimate of drug-likeness (QED) is 0.444. The van der Waals surface area contributed by atoms with Crippen molar-refractivity contribution in [3.8, 4) is 22.9 Å². The van der Waals surface area contributed by atoms with Gasteiger partial charge in [0.25, 0.3) is 0 Å². The van der Waals surface area contributed by atoms with Crippen LogP contribution in [-0.4, -0.2) is 15.6 Å². The van der Waals surface area contributed by atoms with Crippen molar-refractivity contribution in [3.05, 3.63) is 78.1 Å². The van der Waals surface area contributed by atoms with E-state index in [1.165, 1.54) is 16.7 Å². The molecule has 4 rings (SSSR count). The average molecular weight is 415 g/mol. The molecule has 0 aliphatic carbocycles. The summed E-state index contributed by atoms with van der Waals surface area (Å²) in [6.07, 6.45) is -4.83. The van der Waals surface area contributed by atoms with E-state index in [0.717, 1.165) is 12.1 Å². The summed E-state index contributed by atoms with van der Waals surface area (Å²) in [6, 6.07) is 15.0. The van der Waals surface area contributed by atoms with Gasteiger partial charge in [-0.25, -0.2) is 18.7 Å². The molecule has 1 amide bonds. The van der Waals surface area contributed by atoms with E-state index in [-0.39, 0.29) is 5.75 Å². The highest BCUT2D eigenvalue weighted by molar-refractivity contribution is 5.93. The van der Waals surface area contributed by atoms with Crippen molar-refractivity contribution in [1.82, 2.24) is 9.55 Å². The van der Waals surface area contributed by atoms with Crippen molar-refractivity contribution in [2.45, 2.75) is 6.18 Å². The highest BCUT2D eigenvalue weighted by Gasteiger charge is 2.35. The Kier molecular flexibility index (Phi) is 4.65. The number of imidazole rings is 1. The van der Waals surface area contributed by atoms with E-state index < -0.39 is 29.3 Å². The van der Waals surface area contributed by atoms with Gasteiger partial charge in [0.1, 0.15) is 11.6 Å². The van der Waals surface area contributed by atoms with Gasteiger partial charge in [-0.05, 0) is 48.5 Å². The molecule has 0 radical (unpaired) electrons. The van der Waals surface area contributed by atoms with Crippen molar-refractivity contribution in [1.29, 1.82) is 0 Å². The maximum absolute atomic E-state index is 14.1. The number of aromatic nitrogens is 2. The molecule has 4 aromatic rings. The first-order valence-corrected chi connectivity index (χ1v) is 8.67. The van der Waals surface area contributed by atoms with Crippen LogP contribution < -0.4 is 10.5 Å². The summed E-state index contributed by atoms with van der Waals surface area (Å²) in [5.74, 6) is -1.65. The molecule has 2 N–H and O–H groups in total. The smallest absolute Gasteiger partial charge is 0.419 e. The number of ether oxygens (including phenoxy) is 1. The Morgan fingerprint density at radius 3 is 2.33 bits per heavy atom. The fourth-order valence-corrected chi connectivity index (χ4v) is 3.05. The highest BCUT2D eigenvalue weighted by Crippen LogP contribution is 2.36. The minimum atomic E-state index is -4.83. The lowest BCUT2D eigenvalue weighted by molar-refractivity contribution is -0.140. The van der Waals surface area contributed by atoms with Crippen molar-refractivity contribution >= 4 is 17.1 Å². The number of amides is 1. The van der Waals surface area contributed by atoms with Gasteiger partial charge in [0, 0.05) is 5.56 Å². The van der Waals surface area contributed by atoms with Gasteiger partial charge in [0.2, 0.25) is 0 Å². The lowest BCUT2D eigenvalue weighted by Gasteiger charge is -2.12. The second-order valence-electron chi connectivity index (χ2n) is 6.34. The van der Waals surface area contributed by atoms with Crippen molar-refractivity contribution in [2.75, 3.05) is 0 Å². The monoisotopic (exact) mass is 415 g/mol. The molecular formula is C21H13F4N3O2. The van der Waals surface area contributed by atoms with E-state index in [0.29, 0.717) is 28.5 Å². The number of hydrogen-bond donors (Lipinski definition) is 1. The SMILES string of the molecule is NC(=O)n1c(-c2ccc(Oc3cccc(C(F)(F)F)c3F)cc2)nc2ccccc21. The van der Waals surface area contributed by atoms with Crippen molar-refractivity contribution in [3.63, 3.8) is 0 Å². The zero-order chi connectivity index (χ0) is 21.5. The number of rotatable bonds is 3. The average Bonchev–Trinajstić information content (AvgIpc) is 3.09. The number of primary amides is 1. The Morgan fingerprint density at radius 2 is 1.67 bits per heavy atom. The predicted octanol–water partition coefficient (Wildman–Crippen LogP) is 5.58. The normalized spacial score (nSPS) is 11.6. The number of para-hydroxylation sites is 2. The van der Waals surface area contributed by atoms with Crippen LogP contribution in [0.5, 0.6) is 11.5 Å². The number of benzene rings is 3. The van der Waals surface area contributed by atoms with Gasteiger partial charge >= 0.3 is 12.2 Å². The molecule has 1 aromatic heterocycles. The standard InChI is InChI=1S/C21H13F4N3O2/c22-18-14(21(23,24)25)4-3-7-17(18)30-13-10-8-12(9-11-13)19-27-15-5-1-2-6-16(15)28(19)20(26)29/h1-11H,(H2,26,29). The fourth-order valence-electron chi connectivity index (χ4n) is 3.05. The topological polar surface area (TPSA) is 70.1 Å². The van der Waals surface area contributed by atoms with Gasteiger partial charge in [-0.3, -0.25) is 0 Å².